The molecule has 1 unspecified atom stereocenters. The topological polar surface area (TPSA) is 46.6 Å². The second-order valence-corrected chi connectivity index (χ2v) is 12.7. The summed E-state index contributed by atoms with van der Waals surface area (Å²) in [4.78, 5) is 2.23. The normalized spacial score (nSPS) is 16.9. The van der Waals surface area contributed by atoms with Gasteiger partial charge in [-0.25, -0.2) is 8.42 Å². The van der Waals surface area contributed by atoms with Crippen LogP contribution in [0.1, 0.15) is 49.4 Å². The van der Waals surface area contributed by atoms with Gasteiger partial charge in [0, 0.05) is 0 Å². The Morgan fingerprint density at radius 3 is 2.11 bits per heavy atom. The van der Waals surface area contributed by atoms with Gasteiger partial charge < -0.3 is 4.74 Å². The van der Waals surface area contributed by atoms with Gasteiger partial charge in [0.1, 0.15) is 5.75 Å². The molecule has 1 fully saturated rings. The monoisotopic (exact) mass is 531 g/mol. The summed E-state index contributed by atoms with van der Waals surface area (Å²) < 4.78 is 68.1. The Labute approximate surface area is 217 Å². The zero-order valence-electron chi connectivity index (χ0n) is 21.2. The van der Waals surface area contributed by atoms with Crippen LogP contribution in [0.2, 0.25) is 0 Å². The number of halogens is 3. The molecule has 8 heteroatoms. The van der Waals surface area contributed by atoms with Crippen molar-refractivity contribution in [1.29, 1.82) is 0 Å². The zero-order valence-corrected chi connectivity index (χ0v) is 22.0. The maximum absolute atomic E-state index is 13.6. The Balaban J connectivity index is 1.55. The van der Waals surface area contributed by atoms with E-state index in [1.807, 2.05) is 18.2 Å². The van der Waals surface area contributed by atoms with Gasteiger partial charge in [-0.3, -0.25) is 4.90 Å². The Kier molecular flexibility index (Phi) is 7.72. The highest BCUT2D eigenvalue weighted by molar-refractivity contribution is 7.92. The van der Waals surface area contributed by atoms with Crippen LogP contribution in [-0.2, 0) is 9.84 Å². The number of rotatable bonds is 7. The SMILES string of the molecule is Cc1cccc(C(c2ccccc2)N2CCC(C(C)(C)S(=O)(=O)c3cccc(OC(F)(F)F)c3)CC2)c1. The van der Waals surface area contributed by atoms with Crippen LogP contribution in [-0.4, -0.2) is 37.5 Å². The second-order valence-electron chi connectivity index (χ2n) is 10.2. The number of likely N-dealkylation sites (tertiary alicyclic amines) is 1. The van der Waals surface area contributed by atoms with Crippen LogP contribution >= 0.6 is 0 Å². The fourth-order valence-electron chi connectivity index (χ4n) is 5.30. The lowest BCUT2D eigenvalue weighted by molar-refractivity contribution is -0.274. The summed E-state index contributed by atoms with van der Waals surface area (Å²) >= 11 is 0. The number of sulfone groups is 1. The van der Waals surface area contributed by atoms with E-state index in [2.05, 4.69) is 53.0 Å². The predicted molar refractivity (Wildman–Crippen MR) is 138 cm³/mol. The number of benzene rings is 3. The fraction of sp³-hybridized carbons (Fsp3) is 0.379. The standard InChI is InChI=1S/C29H32F3NO3S/c1-21-9-7-12-23(19-21)27(22-10-5-4-6-11-22)33-17-15-24(16-18-33)28(2,3)37(34,35)26-14-8-13-25(20-26)36-29(30,31)32/h4-14,19-20,24,27H,15-18H2,1-3H3. The van der Waals surface area contributed by atoms with E-state index in [1.165, 1.54) is 28.8 Å². The van der Waals surface area contributed by atoms with Crippen molar-refractivity contribution in [2.24, 2.45) is 5.92 Å². The number of hydrogen-bond acceptors (Lipinski definition) is 4. The van der Waals surface area contributed by atoms with Crippen molar-refractivity contribution in [3.8, 4) is 5.75 Å². The van der Waals surface area contributed by atoms with E-state index in [0.717, 1.165) is 12.1 Å². The van der Waals surface area contributed by atoms with Crippen LogP contribution in [0.15, 0.2) is 83.8 Å². The molecule has 198 valence electrons. The van der Waals surface area contributed by atoms with E-state index in [1.54, 1.807) is 13.8 Å². The molecule has 3 aromatic rings. The average Bonchev–Trinajstić information content (AvgIpc) is 2.84. The van der Waals surface area contributed by atoms with E-state index in [-0.39, 0.29) is 16.9 Å². The van der Waals surface area contributed by atoms with Crippen molar-refractivity contribution in [1.82, 2.24) is 4.90 Å². The summed E-state index contributed by atoms with van der Waals surface area (Å²) in [6.07, 6.45) is -3.59. The maximum atomic E-state index is 13.6. The highest BCUT2D eigenvalue weighted by Crippen LogP contribution is 2.41. The first-order valence-electron chi connectivity index (χ1n) is 12.3. The summed E-state index contributed by atoms with van der Waals surface area (Å²) in [7, 11) is -3.93. The highest BCUT2D eigenvalue weighted by atomic mass is 32.2. The second kappa shape index (κ2) is 10.5. The lowest BCUT2D eigenvalue weighted by atomic mass is 9.84. The third-order valence-electron chi connectivity index (χ3n) is 7.39. The van der Waals surface area contributed by atoms with E-state index in [0.29, 0.717) is 25.9 Å². The van der Waals surface area contributed by atoms with E-state index in [9.17, 15) is 21.6 Å². The molecule has 0 bridgehead atoms. The van der Waals surface area contributed by atoms with Gasteiger partial charge in [-0.15, -0.1) is 13.2 Å². The number of piperidine rings is 1. The number of aryl methyl sites for hydroxylation is 1. The first-order chi connectivity index (χ1) is 17.4. The van der Waals surface area contributed by atoms with E-state index < -0.39 is 26.7 Å². The van der Waals surface area contributed by atoms with Crippen molar-refractivity contribution >= 4 is 9.84 Å². The summed E-state index contributed by atoms with van der Waals surface area (Å²) in [5.41, 5.74) is 3.55. The van der Waals surface area contributed by atoms with Crippen LogP contribution in [0.3, 0.4) is 0 Å². The van der Waals surface area contributed by atoms with E-state index in [4.69, 9.17) is 0 Å². The third kappa shape index (κ3) is 6.02. The molecule has 0 N–H and O–H groups in total. The number of alkyl halides is 3. The quantitative estimate of drug-likeness (QED) is 0.331. The Morgan fingerprint density at radius 2 is 1.49 bits per heavy atom. The minimum atomic E-state index is -4.89. The molecule has 0 aromatic heterocycles. The Bertz CT molecular complexity index is 1320. The summed E-state index contributed by atoms with van der Waals surface area (Å²) in [6.45, 7) is 6.83. The van der Waals surface area contributed by atoms with E-state index >= 15 is 0 Å². The van der Waals surface area contributed by atoms with Gasteiger partial charge in [-0.2, -0.15) is 0 Å². The van der Waals surface area contributed by atoms with Gasteiger partial charge in [0.05, 0.1) is 15.7 Å². The molecule has 4 nitrogen and oxygen atoms in total. The smallest absolute Gasteiger partial charge is 0.406 e. The molecular weight excluding hydrogens is 499 g/mol. The minimum absolute atomic E-state index is 0.0537. The van der Waals surface area contributed by atoms with Gasteiger partial charge in [0.15, 0.2) is 9.84 Å². The van der Waals surface area contributed by atoms with Gasteiger partial charge >= 0.3 is 6.36 Å². The summed E-state index contributed by atoms with van der Waals surface area (Å²) in [5, 5.41) is 0. The lowest BCUT2D eigenvalue weighted by Gasteiger charge is -2.43. The molecule has 1 aliphatic heterocycles. The molecule has 0 radical (unpaired) electrons. The molecule has 0 spiro atoms. The molecule has 1 heterocycles. The first kappa shape index (κ1) is 27.2. The summed E-state index contributed by atoms with van der Waals surface area (Å²) in [5.74, 6) is -0.696. The first-order valence-corrected chi connectivity index (χ1v) is 13.8. The van der Waals surface area contributed by atoms with Crippen LogP contribution in [0.25, 0.3) is 0 Å². The zero-order chi connectivity index (χ0) is 26.8. The van der Waals surface area contributed by atoms with Gasteiger partial charge in [0.25, 0.3) is 0 Å². The van der Waals surface area contributed by atoms with Crippen molar-refractivity contribution in [2.75, 3.05) is 13.1 Å². The van der Waals surface area contributed by atoms with Crippen LogP contribution in [0.5, 0.6) is 5.75 Å². The van der Waals surface area contributed by atoms with Crippen molar-refractivity contribution < 1.29 is 26.3 Å². The minimum Gasteiger partial charge on any atom is -0.406 e. The van der Waals surface area contributed by atoms with Gasteiger partial charge in [-0.05, 0) is 81.9 Å². The van der Waals surface area contributed by atoms with Crippen molar-refractivity contribution in [3.63, 3.8) is 0 Å². The lowest BCUT2D eigenvalue weighted by Crippen LogP contribution is -2.47. The van der Waals surface area contributed by atoms with Crippen LogP contribution < -0.4 is 4.74 Å². The largest absolute Gasteiger partial charge is 0.573 e. The molecule has 1 saturated heterocycles. The summed E-state index contributed by atoms with van der Waals surface area (Å²) in [6, 6.07) is 23.4. The Morgan fingerprint density at radius 1 is 0.865 bits per heavy atom. The molecule has 0 aliphatic carbocycles. The average molecular weight is 532 g/mol. The van der Waals surface area contributed by atoms with Crippen LogP contribution in [0.4, 0.5) is 13.2 Å². The molecule has 0 saturated carbocycles. The highest BCUT2D eigenvalue weighted by Gasteiger charge is 2.45. The number of ether oxygens (including phenoxy) is 1. The molecular formula is C29H32F3NO3S. The molecule has 4 rings (SSSR count). The molecule has 37 heavy (non-hydrogen) atoms. The molecule has 1 atom stereocenters. The number of nitrogens with zero attached hydrogens (tertiary/aromatic N) is 1. The van der Waals surface area contributed by atoms with Gasteiger partial charge in [-0.1, -0.05) is 66.2 Å². The maximum Gasteiger partial charge on any atom is 0.573 e. The van der Waals surface area contributed by atoms with Crippen molar-refractivity contribution in [3.05, 3.63) is 95.6 Å². The molecule has 0 amide bonds. The predicted octanol–water partition coefficient (Wildman–Crippen LogP) is 6.95. The van der Waals surface area contributed by atoms with Gasteiger partial charge in [0.2, 0.25) is 0 Å². The molecule has 3 aromatic carbocycles. The third-order valence-corrected chi connectivity index (χ3v) is 9.99. The number of hydrogen-bond donors (Lipinski definition) is 0. The Hall–Kier alpha value is -2.84. The fourth-order valence-corrected chi connectivity index (χ4v) is 7.12. The van der Waals surface area contributed by atoms with Crippen molar-refractivity contribution in [2.45, 2.75) is 55.7 Å². The molecule has 1 aliphatic rings. The van der Waals surface area contributed by atoms with Crippen LogP contribution in [0, 0.1) is 12.8 Å².